The normalized spacial score (nSPS) is 11.8. The molecule has 0 unspecified atom stereocenters. The van der Waals surface area contributed by atoms with Gasteiger partial charge in [0.25, 0.3) is 5.91 Å². The Balaban J connectivity index is 1.94. The van der Waals surface area contributed by atoms with Gasteiger partial charge >= 0.3 is 0 Å². The molecule has 0 spiro atoms. The number of hydrogen-bond donors (Lipinski definition) is 1. The molecule has 1 aromatic heterocycles. The highest BCUT2D eigenvalue weighted by Crippen LogP contribution is 2.32. The van der Waals surface area contributed by atoms with Crippen LogP contribution in [0.3, 0.4) is 0 Å². The Bertz CT molecular complexity index is 1160. The van der Waals surface area contributed by atoms with Crippen molar-refractivity contribution < 1.29 is 17.9 Å². The molecule has 0 aliphatic rings. The molecule has 1 N–H and O–H groups in total. The molecule has 0 radical (unpaired) electrons. The molecule has 0 saturated carbocycles. The van der Waals surface area contributed by atoms with Gasteiger partial charge in [0.15, 0.2) is 5.13 Å². The summed E-state index contributed by atoms with van der Waals surface area (Å²) in [5.74, 6) is 0.0641. The number of halogens is 1. The van der Waals surface area contributed by atoms with Crippen molar-refractivity contribution in [3.05, 3.63) is 47.0 Å². The molecule has 0 aliphatic carbocycles. The number of carbonyl (C=O) groups excluding carboxylic acids is 1. The Kier molecular flexibility index (Phi) is 6.42. The number of thiazole rings is 1. The van der Waals surface area contributed by atoms with E-state index in [1.807, 2.05) is 12.1 Å². The molecule has 154 valence electrons. The van der Waals surface area contributed by atoms with Crippen LogP contribution in [0.15, 0.2) is 41.3 Å². The maximum Gasteiger partial charge on any atom is 0.259 e. The third kappa shape index (κ3) is 4.23. The summed E-state index contributed by atoms with van der Waals surface area (Å²) >= 11 is 7.46. The molecular weight excluding hydrogens is 434 g/mol. The Morgan fingerprint density at radius 1 is 1.24 bits per heavy atom. The average Bonchev–Trinajstić information content (AvgIpc) is 3.11. The van der Waals surface area contributed by atoms with Gasteiger partial charge in [-0.2, -0.15) is 4.31 Å². The maximum absolute atomic E-state index is 12.8. The summed E-state index contributed by atoms with van der Waals surface area (Å²) in [6, 6.07) is 9.59. The second-order valence-corrected chi connectivity index (χ2v) is 9.39. The van der Waals surface area contributed by atoms with Crippen molar-refractivity contribution in [2.24, 2.45) is 0 Å². The Labute approximate surface area is 178 Å². The van der Waals surface area contributed by atoms with Gasteiger partial charge in [-0.15, -0.1) is 0 Å². The van der Waals surface area contributed by atoms with Crippen LogP contribution in [-0.4, -0.2) is 43.8 Å². The number of aromatic nitrogens is 1. The lowest BCUT2D eigenvalue weighted by Crippen LogP contribution is -2.30. The molecule has 7 nitrogen and oxygen atoms in total. The fraction of sp³-hybridized carbons (Fsp3) is 0.263. The predicted molar refractivity (Wildman–Crippen MR) is 116 cm³/mol. The van der Waals surface area contributed by atoms with E-state index in [9.17, 15) is 13.2 Å². The van der Waals surface area contributed by atoms with Crippen LogP contribution < -0.4 is 10.1 Å². The number of anilines is 1. The zero-order chi connectivity index (χ0) is 21.2. The van der Waals surface area contributed by atoms with Gasteiger partial charge in [-0.25, -0.2) is 13.4 Å². The average molecular weight is 454 g/mol. The second-order valence-electron chi connectivity index (χ2n) is 6.01. The predicted octanol–water partition coefficient (Wildman–Crippen LogP) is 4.24. The van der Waals surface area contributed by atoms with E-state index in [4.69, 9.17) is 16.3 Å². The summed E-state index contributed by atoms with van der Waals surface area (Å²) in [7, 11) is -2.16. The zero-order valence-corrected chi connectivity index (χ0v) is 18.5. The second kappa shape index (κ2) is 8.66. The van der Waals surface area contributed by atoms with Crippen LogP contribution >= 0.6 is 22.9 Å². The first-order valence-corrected chi connectivity index (χ1v) is 11.5. The van der Waals surface area contributed by atoms with E-state index in [1.54, 1.807) is 27.0 Å². The number of hydrogen-bond acceptors (Lipinski definition) is 6. The number of fused-ring (bicyclic) bond motifs is 1. The monoisotopic (exact) mass is 453 g/mol. The molecule has 3 rings (SSSR count). The van der Waals surface area contributed by atoms with Crippen molar-refractivity contribution in [2.45, 2.75) is 18.7 Å². The smallest absolute Gasteiger partial charge is 0.259 e. The van der Waals surface area contributed by atoms with E-state index in [0.29, 0.717) is 29.5 Å². The minimum absolute atomic E-state index is 0.0155. The summed E-state index contributed by atoms with van der Waals surface area (Å²) in [5.41, 5.74) is 0.699. The number of para-hydroxylation sites is 1. The van der Waals surface area contributed by atoms with E-state index in [0.717, 1.165) is 4.70 Å². The Morgan fingerprint density at radius 2 is 1.97 bits per heavy atom. The Hall–Kier alpha value is -2.20. The minimum Gasteiger partial charge on any atom is -0.494 e. The first kappa shape index (κ1) is 21.5. The molecule has 0 aliphatic heterocycles. The van der Waals surface area contributed by atoms with Crippen molar-refractivity contribution in [3.63, 3.8) is 0 Å². The number of ether oxygens (including phenoxy) is 1. The highest BCUT2D eigenvalue weighted by Gasteiger charge is 2.24. The number of nitrogens with zero attached hydrogens (tertiary/aromatic N) is 2. The van der Waals surface area contributed by atoms with E-state index in [2.05, 4.69) is 10.3 Å². The van der Waals surface area contributed by atoms with Gasteiger partial charge in [-0.05, 0) is 30.3 Å². The first-order chi connectivity index (χ1) is 13.8. The van der Waals surface area contributed by atoms with Crippen LogP contribution in [0.5, 0.6) is 5.75 Å². The van der Waals surface area contributed by atoms with Gasteiger partial charge in [-0.3, -0.25) is 10.1 Å². The van der Waals surface area contributed by atoms with E-state index < -0.39 is 15.9 Å². The zero-order valence-electron chi connectivity index (χ0n) is 16.1. The molecule has 0 atom stereocenters. The van der Waals surface area contributed by atoms with Gasteiger partial charge in [0.2, 0.25) is 10.0 Å². The highest BCUT2D eigenvalue weighted by molar-refractivity contribution is 7.89. The third-order valence-corrected chi connectivity index (χ3v) is 7.66. The van der Waals surface area contributed by atoms with E-state index >= 15 is 0 Å². The van der Waals surface area contributed by atoms with Crippen molar-refractivity contribution in [2.75, 3.05) is 25.5 Å². The summed E-state index contributed by atoms with van der Waals surface area (Å²) in [4.78, 5) is 17.2. The van der Waals surface area contributed by atoms with Crippen LogP contribution in [0.2, 0.25) is 5.02 Å². The van der Waals surface area contributed by atoms with Gasteiger partial charge in [0, 0.05) is 13.1 Å². The lowest BCUT2D eigenvalue weighted by Gasteiger charge is -2.19. The topological polar surface area (TPSA) is 88.6 Å². The highest BCUT2D eigenvalue weighted by atomic mass is 35.5. The molecule has 10 heteroatoms. The Morgan fingerprint density at radius 3 is 2.62 bits per heavy atom. The molecule has 1 amide bonds. The first-order valence-electron chi connectivity index (χ1n) is 8.86. The minimum atomic E-state index is -3.71. The van der Waals surface area contributed by atoms with E-state index in [-0.39, 0.29) is 15.5 Å². The largest absolute Gasteiger partial charge is 0.494 e. The van der Waals surface area contributed by atoms with Crippen LogP contribution in [0.25, 0.3) is 10.2 Å². The van der Waals surface area contributed by atoms with Crippen LogP contribution in [0, 0.1) is 0 Å². The fourth-order valence-corrected chi connectivity index (χ4v) is 5.42. The molecule has 3 aromatic rings. The summed E-state index contributed by atoms with van der Waals surface area (Å²) < 4.78 is 33.0. The molecule has 0 saturated heterocycles. The van der Waals surface area contributed by atoms with Gasteiger partial charge in [0.05, 0.1) is 27.3 Å². The maximum atomic E-state index is 12.8. The summed E-state index contributed by atoms with van der Waals surface area (Å²) in [5, 5.41) is 3.21. The molecule has 0 fully saturated rings. The van der Waals surface area contributed by atoms with E-state index in [1.165, 1.54) is 33.8 Å². The molecule has 0 bridgehead atoms. The van der Waals surface area contributed by atoms with Crippen LogP contribution in [0.1, 0.15) is 24.2 Å². The molecule has 2 aromatic carbocycles. The van der Waals surface area contributed by atoms with Crippen molar-refractivity contribution in [1.29, 1.82) is 0 Å². The quantitative estimate of drug-likeness (QED) is 0.578. The number of benzene rings is 2. The van der Waals surface area contributed by atoms with Crippen molar-refractivity contribution >= 4 is 54.2 Å². The lowest BCUT2D eigenvalue weighted by atomic mass is 10.2. The summed E-state index contributed by atoms with van der Waals surface area (Å²) in [6.45, 7) is 4.17. The standard InChI is InChI=1S/C19H20ClN3O4S2/c1-4-23(5-2)29(25,26)12-9-10-14(20)13(11-12)18(24)22-19-21-17-15(27-3)7-6-8-16(17)28-19/h6-11H,4-5H2,1-3H3,(H,21,22,24). The number of sulfonamides is 1. The number of methoxy groups -OCH3 is 1. The van der Waals surface area contributed by atoms with Gasteiger partial charge < -0.3 is 4.74 Å². The lowest BCUT2D eigenvalue weighted by molar-refractivity contribution is 0.102. The van der Waals surface area contributed by atoms with Crippen molar-refractivity contribution in [1.82, 2.24) is 9.29 Å². The van der Waals surface area contributed by atoms with Gasteiger partial charge in [-0.1, -0.05) is 42.9 Å². The third-order valence-electron chi connectivity index (χ3n) is 4.35. The van der Waals surface area contributed by atoms with Crippen LogP contribution in [-0.2, 0) is 10.0 Å². The van der Waals surface area contributed by atoms with Crippen LogP contribution in [0.4, 0.5) is 5.13 Å². The summed E-state index contributed by atoms with van der Waals surface area (Å²) in [6.07, 6.45) is 0. The molecule has 1 heterocycles. The van der Waals surface area contributed by atoms with Gasteiger partial charge in [0.1, 0.15) is 11.3 Å². The SMILES string of the molecule is CCN(CC)S(=O)(=O)c1ccc(Cl)c(C(=O)Nc2nc3c(OC)cccc3s2)c1. The molecule has 29 heavy (non-hydrogen) atoms. The fourth-order valence-electron chi connectivity index (χ4n) is 2.86. The number of nitrogens with one attached hydrogen (secondary N) is 1. The van der Waals surface area contributed by atoms with Crippen molar-refractivity contribution in [3.8, 4) is 5.75 Å². The number of rotatable bonds is 7. The molecular formula is C19H20ClN3O4S2. The number of amides is 1. The number of carbonyl (C=O) groups is 1.